The topological polar surface area (TPSA) is 88.1 Å². The van der Waals surface area contributed by atoms with E-state index >= 15 is 0 Å². The molecular weight excluding hydrogens is 256 g/mol. The smallest absolute Gasteiger partial charge is 0.313 e. The van der Waals surface area contributed by atoms with Crippen molar-refractivity contribution in [1.82, 2.24) is 0 Å². The molecule has 2 fully saturated rings. The largest absolute Gasteiger partial charge is 0.457 e. The molecule has 0 spiro atoms. The summed E-state index contributed by atoms with van der Waals surface area (Å²) in [6.07, 6.45) is -2.16. The van der Waals surface area contributed by atoms with Gasteiger partial charge in [-0.05, 0) is 6.92 Å². The van der Waals surface area contributed by atoms with Crippen molar-refractivity contribution in [1.29, 1.82) is 0 Å². The van der Waals surface area contributed by atoms with Gasteiger partial charge in [-0.1, -0.05) is 0 Å². The van der Waals surface area contributed by atoms with Crippen LogP contribution in [0.2, 0.25) is 0 Å². The third-order valence-corrected chi connectivity index (χ3v) is 2.96. The highest BCUT2D eigenvalue weighted by Crippen LogP contribution is 2.30. The van der Waals surface area contributed by atoms with Gasteiger partial charge in [-0.15, -0.1) is 0 Å². The fraction of sp³-hybridized carbons (Fsp3) is 0.750. The highest BCUT2D eigenvalue weighted by atomic mass is 16.7. The van der Waals surface area contributed by atoms with E-state index in [0.29, 0.717) is 0 Å². The molecule has 0 bridgehead atoms. The van der Waals surface area contributed by atoms with Crippen LogP contribution in [0, 0.1) is 0 Å². The van der Waals surface area contributed by atoms with E-state index in [1.54, 1.807) is 0 Å². The molecule has 0 N–H and O–H groups in total. The average molecular weight is 272 g/mol. The lowest BCUT2D eigenvalue weighted by atomic mass is 10.1. The molecule has 7 heteroatoms. The van der Waals surface area contributed by atoms with E-state index in [1.807, 2.05) is 0 Å². The predicted molar refractivity (Wildman–Crippen MR) is 60.2 cm³/mol. The second-order valence-electron chi connectivity index (χ2n) is 4.65. The molecular formula is C12H16O7. The molecule has 2 rings (SSSR count). The zero-order chi connectivity index (χ0) is 14.0. The van der Waals surface area contributed by atoms with Gasteiger partial charge >= 0.3 is 11.9 Å². The molecule has 19 heavy (non-hydrogen) atoms. The number of ether oxygens (including phenoxy) is 4. The molecule has 2 saturated heterocycles. The van der Waals surface area contributed by atoms with Gasteiger partial charge in [-0.2, -0.15) is 0 Å². The lowest BCUT2D eigenvalue weighted by Crippen LogP contribution is -2.35. The number of hydrogen-bond acceptors (Lipinski definition) is 7. The van der Waals surface area contributed by atoms with E-state index < -0.39 is 36.4 Å². The molecule has 2 aliphatic heterocycles. The first kappa shape index (κ1) is 14.0. The minimum atomic E-state index is -0.596. The molecule has 106 valence electrons. The van der Waals surface area contributed by atoms with Crippen LogP contribution in [0.3, 0.4) is 0 Å². The number of ketones is 1. The third-order valence-electron chi connectivity index (χ3n) is 2.96. The van der Waals surface area contributed by atoms with Crippen molar-refractivity contribution in [2.75, 3.05) is 13.2 Å². The fourth-order valence-electron chi connectivity index (χ4n) is 2.26. The van der Waals surface area contributed by atoms with Crippen LogP contribution in [0.4, 0.5) is 0 Å². The van der Waals surface area contributed by atoms with Crippen LogP contribution in [-0.2, 0) is 33.3 Å². The zero-order valence-electron chi connectivity index (χ0n) is 10.8. The lowest BCUT2D eigenvalue weighted by Gasteiger charge is -2.16. The maximum absolute atomic E-state index is 11.4. The summed E-state index contributed by atoms with van der Waals surface area (Å²) in [4.78, 5) is 33.1. The van der Waals surface area contributed by atoms with Crippen LogP contribution in [0.1, 0.15) is 20.3 Å². The van der Waals surface area contributed by atoms with Crippen molar-refractivity contribution in [3.05, 3.63) is 0 Å². The molecule has 0 aromatic heterocycles. The van der Waals surface area contributed by atoms with Gasteiger partial charge in [0.1, 0.15) is 24.4 Å². The Morgan fingerprint density at radius 1 is 1.00 bits per heavy atom. The van der Waals surface area contributed by atoms with Gasteiger partial charge in [0.25, 0.3) is 0 Å². The standard InChI is InChI=1S/C12H16O7/c1-6(13)3-10(15)19-9-5-17-11-8(18-7(2)14)4-16-12(9)11/h8-9,11-12H,3-5H2,1-2H3/t8-,9+,11-,12-/m1/s1. The Labute approximate surface area is 110 Å². The Bertz CT molecular complexity index is 392. The maximum Gasteiger partial charge on any atom is 0.313 e. The first-order valence-electron chi connectivity index (χ1n) is 6.06. The summed E-state index contributed by atoms with van der Waals surface area (Å²) in [7, 11) is 0. The van der Waals surface area contributed by atoms with Crippen LogP contribution in [-0.4, -0.2) is 55.4 Å². The minimum absolute atomic E-state index is 0.177. The van der Waals surface area contributed by atoms with Crippen molar-refractivity contribution in [2.45, 2.75) is 44.7 Å². The van der Waals surface area contributed by atoms with Crippen LogP contribution in [0.25, 0.3) is 0 Å². The summed E-state index contributed by atoms with van der Waals surface area (Å²) < 4.78 is 21.1. The number of carbonyl (C=O) groups is 3. The summed E-state index contributed by atoms with van der Waals surface area (Å²) in [5, 5.41) is 0. The number of rotatable bonds is 4. The van der Waals surface area contributed by atoms with Crippen molar-refractivity contribution in [3.8, 4) is 0 Å². The quantitative estimate of drug-likeness (QED) is 0.508. The van der Waals surface area contributed by atoms with Gasteiger partial charge in [0.05, 0.1) is 13.2 Å². The van der Waals surface area contributed by atoms with E-state index in [2.05, 4.69) is 0 Å². The van der Waals surface area contributed by atoms with Gasteiger partial charge in [-0.25, -0.2) is 0 Å². The summed E-state index contributed by atoms with van der Waals surface area (Å²) >= 11 is 0. The Morgan fingerprint density at radius 2 is 1.53 bits per heavy atom. The highest BCUT2D eigenvalue weighted by Gasteiger charge is 2.50. The molecule has 0 aromatic carbocycles. The zero-order valence-corrected chi connectivity index (χ0v) is 10.8. The Kier molecular flexibility index (Phi) is 4.16. The van der Waals surface area contributed by atoms with E-state index in [9.17, 15) is 14.4 Å². The lowest BCUT2D eigenvalue weighted by molar-refractivity contribution is -0.155. The molecule has 0 radical (unpaired) electrons. The average Bonchev–Trinajstić information content (AvgIpc) is 2.81. The van der Waals surface area contributed by atoms with Crippen molar-refractivity contribution in [2.24, 2.45) is 0 Å². The summed E-state index contributed by atoms with van der Waals surface area (Å²) in [6, 6.07) is 0. The Balaban J connectivity index is 1.88. The summed E-state index contributed by atoms with van der Waals surface area (Å²) in [5.41, 5.74) is 0. The third kappa shape index (κ3) is 3.30. The van der Waals surface area contributed by atoms with Crippen molar-refractivity contribution in [3.63, 3.8) is 0 Å². The SMILES string of the molecule is CC(=O)CC(=O)O[C@H]1CO[C@H]2[C@@H]1OC[C@H]2OC(C)=O. The number of fused-ring (bicyclic) bond motifs is 1. The van der Waals surface area contributed by atoms with Crippen molar-refractivity contribution >= 4 is 17.7 Å². The summed E-state index contributed by atoms with van der Waals surface area (Å²) in [6.45, 7) is 3.02. The van der Waals surface area contributed by atoms with E-state index in [-0.39, 0.29) is 25.4 Å². The van der Waals surface area contributed by atoms with E-state index in [4.69, 9.17) is 18.9 Å². The van der Waals surface area contributed by atoms with Gasteiger partial charge in [0.15, 0.2) is 12.2 Å². The number of Topliss-reactive ketones (excluding diaryl/α,β-unsaturated/α-hetero) is 1. The second-order valence-corrected chi connectivity index (χ2v) is 4.65. The van der Waals surface area contributed by atoms with Crippen LogP contribution in [0.5, 0.6) is 0 Å². The minimum Gasteiger partial charge on any atom is -0.457 e. The second kappa shape index (κ2) is 5.66. The molecule has 0 aliphatic carbocycles. The molecule has 0 saturated carbocycles. The molecule has 2 aliphatic rings. The molecule has 0 unspecified atom stereocenters. The first-order chi connectivity index (χ1) is 8.97. The molecule has 4 atom stereocenters. The number of esters is 2. The van der Waals surface area contributed by atoms with Crippen LogP contribution >= 0.6 is 0 Å². The first-order valence-corrected chi connectivity index (χ1v) is 6.06. The molecule has 7 nitrogen and oxygen atoms in total. The van der Waals surface area contributed by atoms with Gasteiger partial charge < -0.3 is 18.9 Å². The van der Waals surface area contributed by atoms with Crippen LogP contribution in [0.15, 0.2) is 0 Å². The molecule has 0 amide bonds. The maximum atomic E-state index is 11.4. The summed E-state index contributed by atoms with van der Waals surface area (Å²) in [5.74, 6) is -1.26. The Morgan fingerprint density at radius 3 is 2.00 bits per heavy atom. The van der Waals surface area contributed by atoms with Crippen molar-refractivity contribution < 1.29 is 33.3 Å². The van der Waals surface area contributed by atoms with E-state index in [0.717, 1.165) is 0 Å². The normalized spacial score (nSPS) is 32.7. The number of carbonyl (C=O) groups excluding carboxylic acids is 3. The van der Waals surface area contributed by atoms with Gasteiger partial charge in [0.2, 0.25) is 0 Å². The van der Waals surface area contributed by atoms with Gasteiger partial charge in [-0.3, -0.25) is 14.4 Å². The highest BCUT2D eigenvalue weighted by molar-refractivity contribution is 5.94. The van der Waals surface area contributed by atoms with E-state index in [1.165, 1.54) is 13.8 Å². The molecule has 0 aromatic rings. The molecule has 2 heterocycles. The van der Waals surface area contributed by atoms with Crippen LogP contribution < -0.4 is 0 Å². The Hall–Kier alpha value is -1.47. The fourth-order valence-corrected chi connectivity index (χ4v) is 2.26. The monoisotopic (exact) mass is 272 g/mol. The predicted octanol–water partition coefficient (Wildman–Crippen LogP) is -0.393. The van der Waals surface area contributed by atoms with Gasteiger partial charge in [0, 0.05) is 6.92 Å². The number of hydrogen-bond donors (Lipinski definition) is 0.